The van der Waals surface area contributed by atoms with Crippen LogP contribution in [0.3, 0.4) is 0 Å². The van der Waals surface area contributed by atoms with Crippen molar-refractivity contribution in [2.75, 3.05) is 0 Å². The van der Waals surface area contributed by atoms with E-state index in [2.05, 4.69) is 63.9 Å². The first-order chi connectivity index (χ1) is 14.8. The van der Waals surface area contributed by atoms with Crippen LogP contribution in [0.1, 0.15) is 27.8 Å². The van der Waals surface area contributed by atoms with Crippen molar-refractivity contribution in [1.29, 1.82) is 0 Å². The number of aromatic nitrogens is 1. The molecule has 4 aromatic rings. The molecule has 3 nitrogen and oxygen atoms in total. The van der Waals surface area contributed by atoms with Gasteiger partial charge in [0.25, 0.3) is 0 Å². The minimum Gasteiger partial charge on any atom is -0.363 e. The fourth-order valence-electron chi connectivity index (χ4n) is 3.84. The van der Waals surface area contributed by atoms with E-state index in [1.54, 1.807) is 12.1 Å². The molecule has 1 heterocycles. The van der Waals surface area contributed by atoms with E-state index in [1.807, 2.05) is 18.2 Å². The molecule has 160 valence electrons. The van der Waals surface area contributed by atoms with Crippen molar-refractivity contribution >= 4 is 26.8 Å². The topological polar surface area (TPSA) is 45.4 Å². The summed E-state index contributed by atoms with van der Waals surface area (Å²) in [5.74, 6) is -3.75. The number of aliphatic hydroxyl groups is 2. The van der Waals surface area contributed by atoms with E-state index < -0.39 is 17.8 Å². The molecule has 0 bridgehead atoms. The second kappa shape index (κ2) is 8.54. The maximum Gasteiger partial charge on any atom is 0.323 e. The Hall–Kier alpha value is -2.54. The molecule has 0 radical (unpaired) electrons. The van der Waals surface area contributed by atoms with Crippen LogP contribution in [-0.2, 0) is 18.9 Å². The second-order valence-electron chi connectivity index (χ2n) is 7.78. The molecule has 1 aromatic heterocycles. The Morgan fingerprint density at radius 1 is 0.968 bits per heavy atom. The first-order valence-corrected chi connectivity index (χ1v) is 10.7. The summed E-state index contributed by atoms with van der Waals surface area (Å²) >= 11 is 3.16. The summed E-state index contributed by atoms with van der Waals surface area (Å²) in [5, 5.41) is 19.2. The maximum atomic E-state index is 14.0. The third-order valence-electron chi connectivity index (χ3n) is 5.43. The fraction of sp³-hybridized carbons (Fsp3) is 0.200. The summed E-state index contributed by atoms with van der Waals surface area (Å²) in [6.07, 6.45) is 0.161. The minimum atomic E-state index is -3.75. The Labute approximate surface area is 187 Å². The molecule has 0 aliphatic heterocycles. The van der Waals surface area contributed by atoms with Gasteiger partial charge in [0.2, 0.25) is 6.29 Å². The number of hydrogen-bond donors (Lipinski definition) is 2. The zero-order valence-electron chi connectivity index (χ0n) is 16.9. The van der Waals surface area contributed by atoms with Crippen LogP contribution in [0.25, 0.3) is 10.9 Å². The van der Waals surface area contributed by atoms with Crippen molar-refractivity contribution in [3.8, 4) is 0 Å². The Kier molecular flexibility index (Phi) is 5.97. The lowest BCUT2D eigenvalue weighted by Crippen LogP contribution is -2.30. The van der Waals surface area contributed by atoms with Crippen LogP contribution in [-0.4, -0.2) is 21.1 Å². The summed E-state index contributed by atoms with van der Waals surface area (Å²) < 4.78 is 30.3. The van der Waals surface area contributed by atoms with Crippen molar-refractivity contribution < 1.29 is 19.0 Å². The third-order valence-corrected chi connectivity index (χ3v) is 6.08. The average Bonchev–Trinajstić information content (AvgIpc) is 3.04. The van der Waals surface area contributed by atoms with Crippen molar-refractivity contribution in [2.24, 2.45) is 0 Å². The number of nitrogens with zero attached hydrogens (tertiary/aromatic N) is 1. The van der Waals surface area contributed by atoms with Crippen molar-refractivity contribution in [2.45, 2.75) is 32.1 Å². The van der Waals surface area contributed by atoms with E-state index in [0.29, 0.717) is 6.54 Å². The number of alkyl halides is 2. The SMILES string of the molecule is Cc1ccc2c(c1)c(Cc1ccccc1)cn2Cc1ccc(C(F)(F)C(O)O)c(Br)c1. The van der Waals surface area contributed by atoms with Gasteiger partial charge in [-0.15, -0.1) is 0 Å². The highest BCUT2D eigenvalue weighted by Crippen LogP contribution is 2.36. The Morgan fingerprint density at radius 2 is 1.71 bits per heavy atom. The van der Waals surface area contributed by atoms with Crippen LogP contribution < -0.4 is 0 Å². The van der Waals surface area contributed by atoms with Crippen LogP contribution in [0.2, 0.25) is 0 Å². The van der Waals surface area contributed by atoms with Gasteiger partial charge < -0.3 is 14.8 Å². The highest BCUT2D eigenvalue weighted by atomic mass is 79.9. The molecule has 3 aromatic carbocycles. The molecule has 0 aliphatic carbocycles. The molecular weight excluding hydrogens is 464 g/mol. The van der Waals surface area contributed by atoms with Gasteiger partial charge in [0.05, 0.1) is 0 Å². The van der Waals surface area contributed by atoms with E-state index in [1.165, 1.54) is 28.1 Å². The van der Waals surface area contributed by atoms with Crippen molar-refractivity contribution in [3.05, 3.63) is 105 Å². The lowest BCUT2D eigenvalue weighted by atomic mass is 10.0. The van der Waals surface area contributed by atoms with Crippen molar-refractivity contribution in [1.82, 2.24) is 4.57 Å². The Bertz CT molecular complexity index is 1220. The summed E-state index contributed by atoms with van der Waals surface area (Å²) in [6.45, 7) is 2.56. The first-order valence-electron chi connectivity index (χ1n) is 9.91. The molecule has 0 aliphatic rings. The molecule has 31 heavy (non-hydrogen) atoms. The number of aliphatic hydroxyl groups excluding tert-OH is 1. The van der Waals surface area contributed by atoms with Gasteiger partial charge in [-0.05, 0) is 48.2 Å². The highest BCUT2D eigenvalue weighted by Gasteiger charge is 2.41. The highest BCUT2D eigenvalue weighted by molar-refractivity contribution is 9.10. The minimum absolute atomic E-state index is 0.139. The van der Waals surface area contributed by atoms with Crippen LogP contribution in [0.5, 0.6) is 0 Å². The summed E-state index contributed by atoms with van der Waals surface area (Å²) in [4.78, 5) is 0. The number of benzene rings is 3. The molecule has 0 fully saturated rings. The first kappa shape index (κ1) is 21.7. The lowest BCUT2D eigenvalue weighted by molar-refractivity contribution is -0.215. The number of aryl methyl sites for hydroxylation is 1. The molecule has 0 unspecified atom stereocenters. The number of rotatable bonds is 6. The van der Waals surface area contributed by atoms with Gasteiger partial charge in [-0.25, -0.2) is 0 Å². The van der Waals surface area contributed by atoms with E-state index in [-0.39, 0.29) is 4.47 Å². The fourth-order valence-corrected chi connectivity index (χ4v) is 4.53. The molecule has 0 amide bonds. The third kappa shape index (κ3) is 4.42. The quantitative estimate of drug-likeness (QED) is 0.341. The summed E-state index contributed by atoms with van der Waals surface area (Å²) in [7, 11) is 0. The van der Waals surface area contributed by atoms with Crippen LogP contribution in [0.4, 0.5) is 8.78 Å². The van der Waals surface area contributed by atoms with Gasteiger partial charge in [-0.1, -0.05) is 70.0 Å². The van der Waals surface area contributed by atoms with E-state index in [9.17, 15) is 8.78 Å². The van der Waals surface area contributed by atoms with Crippen LogP contribution >= 0.6 is 15.9 Å². The normalized spacial score (nSPS) is 12.1. The average molecular weight is 486 g/mol. The van der Waals surface area contributed by atoms with Gasteiger partial charge >= 0.3 is 5.92 Å². The number of halogens is 3. The molecule has 0 spiro atoms. The van der Waals surface area contributed by atoms with Gasteiger partial charge in [0.15, 0.2) is 0 Å². The zero-order valence-corrected chi connectivity index (χ0v) is 18.5. The Balaban J connectivity index is 1.70. The lowest BCUT2D eigenvalue weighted by Gasteiger charge is -2.20. The monoisotopic (exact) mass is 485 g/mol. The smallest absolute Gasteiger partial charge is 0.323 e. The number of fused-ring (bicyclic) bond motifs is 1. The molecule has 6 heteroatoms. The standard InChI is InChI=1S/C25H22BrF2NO2/c1-16-7-10-23-20(11-16)19(12-17-5-3-2-4-6-17)15-29(23)14-18-8-9-21(22(26)13-18)25(27,28)24(30)31/h2-11,13,15,24,30-31H,12,14H2,1H3. The molecule has 0 atom stereocenters. The summed E-state index contributed by atoms with van der Waals surface area (Å²) in [5.41, 5.74) is 5.05. The van der Waals surface area contributed by atoms with E-state index >= 15 is 0 Å². The van der Waals surface area contributed by atoms with Crippen LogP contribution in [0.15, 0.2) is 77.4 Å². The van der Waals surface area contributed by atoms with Gasteiger partial charge in [0, 0.05) is 33.7 Å². The predicted molar refractivity (Wildman–Crippen MR) is 121 cm³/mol. The van der Waals surface area contributed by atoms with Crippen LogP contribution in [0, 0.1) is 6.92 Å². The van der Waals surface area contributed by atoms with Gasteiger partial charge in [-0.2, -0.15) is 8.78 Å². The van der Waals surface area contributed by atoms with Crippen molar-refractivity contribution in [3.63, 3.8) is 0 Å². The molecule has 0 saturated carbocycles. The largest absolute Gasteiger partial charge is 0.363 e. The van der Waals surface area contributed by atoms with Gasteiger partial charge in [-0.3, -0.25) is 0 Å². The molecule has 2 N–H and O–H groups in total. The molecule has 0 saturated heterocycles. The zero-order chi connectivity index (χ0) is 22.2. The number of hydrogen-bond acceptors (Lipinski definition) is 2. The Morgan fingerprint density at radius 3 is 2.39 bits per heavy atom. The maximum absolute atomic E-state index is 14.0. The second-order valence-corrected chi connectivity index (χ2v) is 8.63. The van der Waals surface area contributed by atoms with Gasteiger partial charge in [0.1, 0.15) is 0 Å². The predicted octanol–water partition coefficient (Wildman–Crippen LogP) is 5.75. The van der Waals surface area contributed by atoms with E-state index in [0.717, 1.165) is 17.5 Å². The van der Waals surface area contributed by atoms with E-state index in [4.69, 9.17) is 10.2 Å². The molecular formula is C25H22BrF2NO2. The molecule has 4 rings (SSSR count). The summed E-state index contributed by atoms with van der Waals surface area (Å²) in [6, 6.07) is 21.0.